The number of benzene rings is 6. The number of rotatable bonds is 6. The van der Waals surface area contributed by atoms with E-state index in [4.69, 9.17) is 0 Å². The Hall–Kier alpha value is -4.00. The summed E-state index contributed by atoms with van der Waals surface area (Å²) in [6, 6.07) is 54.5. The van der Waals surface area contributed by atoms with E-state index in [0.29, 0.717) is 11.3 Å². The van der Waals surface area contributed by atoms with Crippen LogP contribution in [0.1, 0.15) is 62.8 Å². The van der Waals surface area contributed by atoms with Crippen molar-refractivity contribution < 1.29 is 49.0 Å². The van der Waals surface area contributed by atoms with Gasteiger partial charge in [-0.1, -0.05) is 148 Å². The van der Waals surface area contributed by atoms with E-state index < -0.39 is 0 Å². The molecule has 1 unspecified atom stereocenters. The Morgan fingerprint density at radius 1 is 0.600 bits per heavy atom. The molecule has 55 heavy (non-hydrogen) atoms. The first kappa shape index (κ1) is 43.7. The van der Waals surface area contributed by atoms with Crippen molar-refractivity contribution in [2.45, 2.75) is 54.4 Å². The topological polar surface area (TPSA) is 0 Å². The summed E-state index contributed by atoms with van der Waals surface area (Å²) in [5.41, 5.74) is 12.1. The predicted octanol–water partition coefficient (Wildman–Crippen LogP) is 8.22. The van der Waals surface area contributed by atoms with Crippen LogP contribution >= 0.6 is 0 Å². The zero-order chi connectivity index (χ0) is 37.4. The van der Waals surface area contributed by atoms with Crippen molar-refractivity contribution in [3.63, 3.8) is 0 Å². The van der Waals surface area contributed by atoms with Crippen LogP contribution in [0.4, 0.5) is 0 Å². The van der Waals surface area contributed by atoms with Gasteiger partial charge in [0.05, 0.1) is 0 Å². The molecule has 8 rings (SSSR count). The molecule has 0 saturated carbocycles. The van der Waals surface area contributed by atoms with Crippen LogP contribution in [0.5, 0.6) is 0 Å². The summed E-state index contributed by atoms with van der Waals surface area (Å²) >= 11 is 1.46. The summed E-state index contributed by atoms with van der Waals surface area (Å²) in [6.07, 6.45) is 10.4. The Balaban J connectivity index is 0.000000195. The minimum atomic E-state index is 0. The van der Waals surface area contributed by atoms with Crippen LogP contribution in [-0.2, 0) is 24.2 Å². The summed E-state index contributed by atoms with van der Waals surface area (Å²) in [5, 5.41) is 5.27. The molecule has 7 aromatic carbocycles. The molecule has 0 aliphatic heterocycles. The van der Waals surface area contributed by atoms with E-state index in [1.807, 2.05) is 0 Å². The average molecular weight is 837 g/mol. The van der Waals surface area contributed by atoms with E-state index in [1.165, 1.54) is 112 Å². The molecular formula is C52H50Cl2Zr-2. The molecule has 0 spiro atoms. The monoisotopic (exact) mass is 834 g/mol. The van der Waals surface area contributed by atoms with Gasteiger partial charge in [-0.2, -0.15) is 11.6 Å². The van der Waals surface area contributed by atoms with Crippen molar-refractivity contribution in [2.75, 3.05) is 0 Å². The van der Waals surface area contributed by atoms with Crippen LogP contribution in [-0.4, -0.2) is 3.21 Å². The molecule has 0 N–H and O–H groups in total. The van der Waals surface area contributed by atoms with Gasteiger partial charge in [-0.25, -0.2) is 6.08 Å². The normalized spacial score (nSPS) is 13.1. The van der Waals surface area contributed by atoms with Gasteiger partial charge in [0.1, 0.15) is 0 Å². The maximum absolute atomic E-state index is 3.40. The third-order valence-corrected chi connectivity index (χ3v) is 11.3. The average Bonchev–Trinajstić information content (AvgIpc) is 3.81. The minimum Gasteiger partial charge on any atom is -1.00 e. The van der Waals surface area contributed by atoms with Crippen LogP contribution in [0.3, 0.4) is 0 Å². The van der Waals surface area contributed by atoms with Gasteiger partial charge in [0.2, 0.25) is 0 Å². The van der Waals surface area contributed by atoms with Gasteiger partial charge < -0.3 is 24.8 Å². The van der Waals surface area contributed by atoms with Crippen LogP contribution < -0.4 is 24.8 Å². The van der Waals surface area contributed by atoms with Gasteiger partial charge in [-0.3, -0.25) is 6.08 Å². The summed E-state index contributed by atoms with van der Waals surface area (Å²) in [6.45, 7) is 13.2. The third-order valence-electron chi connectivity index (χ3n) is 9.90. The van der Waals surface area contributed by atoms with Gasteiger partial charge >= 0.3 is 112 Å². The molecule has 0 amide bonds. The van der Waals surface area contributed by atoms with Crippen molar-refractivity contribution >= 4 is 24.8 Å². The molecule has 278 valence electrons. The molecule has 0 nitrogen and oxygen atoms in total. The van der Waals surface area contributed by atoms with Gasteiger partial charge in [-0.05, 0) is 11.1 Å². The van der Waals surface area contributed by atoms with Crippen LogP contribution in [0.25, 0.3) is 43.8 Å². The first-order valence-electron chi connectivity index (χ1n) is 18.9. The molecule has 1 atom stereocenters. The van der Waals surface area contributed by atoms with Gasteiger partial charge in [0.15, 0.2) is 0 Å². The molecule has 3 heteroatoms. The van der Waals surface area contributed by atoms with E-state index in [9.17, 15) is 0 Å². The van der Waals surface area contributed by atoms with E-state index in [2.05, 4.69) is 211 Å². The van der Waals surface area contributed by atoms with Gasteiger partial charge in [0.25, 0.3) is 0 Å². The molecule has 0 aromatic heterocycles. The second-order valence-corrected chi connectivity index (χ2v) is 16.4. The first-order valence-corrected chi connectivity index (χ1v) is 20.1. The molecule has 0 fully saturated rings. The van der Waals surface area contributed by atoms with Crippen LogP contribution in [0.2, 0.25) is 0 Å². The van der Waals surface area contributed by atoms with Crippen LogP contribution in [0.15, 0.2) is 169 Å². The van der Waals surface area contributed by atoms with E-state index in [-0.39, 0.29) is 24.8 Å². The fraction of sp³-hybridized carbons (Fsp3) is 0.192. The largest absolute Gasteiger partial charge is 1.00 e. The fourth-order valence-electron chi connectivity index (χ4n) is 6.70. The number of aryl methyl sites for hydroxylation is 2. The molecule has 0 bridgehead atoms. The maximum atomic E-state index is 3.40. The summed E-state index contributed by atoms with van der Waals surface area (Å²) < 4.78 is 1.42. The first-order chi connectivity index (χ1) is 25.6. The summed E-state index contributed by atoms with van der Waals surface area (Å²) in [4.78, 5) is 0. The summed E-state index contributed by atoms with van der Waals surface area (Å²) in [7, 11) is 0. The molecule has 1 aliphatic carbocycles. The van der Waals surface area contributed by atoms with E-state index in [1.54, 1.807) is 0 Å². The Labute approximate surface area is 356 Å². The van der Waals surface area contributed by atoms with Crippen molar-refractivity contribution in [3.05, 3.63) is 198 Å². The Bertz CT molecular complexity index is 2200. The number of allylic oxidation sites excluding steroid dienone is 4. The zero-order valence-electron chi connectivity index (χ0n) is 32.8. The Morgan fingerprint density at radius 2 is 1.04 bits per heavy atom. The molecule has 0 heterocycles. The standard InChI is InChI=1S/C25H17.C15H14.C12H19.2ClH.Zr/c1-3-7-18(8-4-1)20-11-13-24-22(15-20)17-23-16-21(12-14-25(23)24)19-9-5-2-6-10-19;1-12-3-7-14(8-4-12)11-15-9-5-13(2)6-10-15;1-5-6-10-7-8-11(9-10)12(2,3)4;;;/h1-17H;3-10H,1-2H3;8-10H,5-6H2,1-4H3;2*1H;/q-1;;-1;;;+2/p-2. The van der Waals surface area contributed by atoms with E-state index >= 15 is 0 Å². The van der Waals surface area contributed by atoms with E-state index in [0.717, 1.165) is 0 Å². The van der Waals surface area contributed by atoms with Crippen molar-refractivity contribution in [1.82, 2.24) is 0 Å². The minimum absolute atomic E-state index is 0. The Morgan fingerprint density at radius 3 is 1.42 bits per heavy atom. The Kier molecular flexibility index (Phi) is 16.1. The van der Waals surface area contributed by atoms with Crippen LogP contribution in [0, 0.1) is 31.3 Å². The second kappa shape index (κ2) is 20.3. The van der Waals surface area contributed by atoms with Crippen molar-refractivity contribution in [1.29, 1.82) is 0 Å². The molecule has 0 radical (unpaired) electrons. The van der Waals surface area contributed by atoms with Gasteiger partial charge in [-0.15, -0.1) is 39.7 Å². The maximum Gasteiger partial charge on any atom is -0.0259 e. The van der Waals surface area contributed by atoms with Crippen molar-refractivity contribution in [2.24, 2.45) is 11.3 Å². The quantitative estimate of drug-likeness (QED) is 0.148. The smallest absolute Gasteiger partial charge is 0.0259 e. The number of hydrogen-bond donors (Lipinski definition) is 0. The van der Waals surface area contributed by atoms with Crippen molar-refractivity contribution in [3.8, 4) is 22.3 Å². The molecule has 7 aromatic rings. The molecular weight excluding hydrogens is 787 g/mol. The zero-order valence-corrected chi connectivity index (χ0v) is 36.8. The predicted molar refractivity (Wildman–Crippen MR) is 227 cm³/mol. The number of fused-ring (bicyclic) bond motifs is 3. The fourth-order valence-corrected chi connectivity index (χ4v) is 7.52. The second-order valence-electron chi connectivity index (χ2n) is 15.2. The molecule has 1 aliphatic rings. The van der Waals surface area contributed by atoms with Gasteiger partial charge in [0, 0.05) is 0 Å². The SMILES string of the molecule is CCCC1[C-]=CC(C(C)(C)C)=C1.Cc1ccc([C](=[Zr+2])c2ccc(C)cc2)cc1.[Cl-].[Cl-].c1ccc(-c2ccc3c(c2)[cH-]c2cc(-c4ccccc4)ccc23)cc1. The molecule has 0 saturated heterocycles. The third kappa shape index (κ3) is 11.5. The number of hydrogen-bond acceptors (Lipinski definition) is 0. The number of halogens is 2. The summed E-state index contributed by atoms with van der Waals surface area (Å²) in [5.74, 6) is 0.587.